The predicted octanol–water partition coefficient (Wildman–Crippen LogP) is 1.48. The first kappa shape index (κ1) is 18.7. The summed E-state index contributed by atoms with van der Waals surface area (Å²) in [5.74, 6) is -0.137. The van der Waals surface area contributed by atoms with Gasteiger partial charge in [0.15, 0.2) is 0 Å². The smallest absolute Gasteiger partial charge is 0.246 e. The highest BCUT2D eigenvalue weighted by atomic mass is 32.2. The van der Waals surface area contributed by atoms with Gasteiger partial charge in [-0.1, -0.05) is 6.07 Å². The number of carbonyl (C=O) groups excluding carboxylic acids is 1. The first-order chi connectivity index (χ1) is 12.9. The van der Waals surface area contributed by atoms with Crippen LogP contribution in [-0.2, 0) is 19.6 Å². The number of sulfonamides is 1. The summed E-state index contributed by atoms with van der Waals surface area (Å²) in [6, 6.07) is 4.27. The first-order valence-corrected chi connectivity index (χ1v) is 11.2. The lowest BCUT2D eigenvalue weighted by atomic mass is 10.1. The van der Waals surface area contributed by atoms with Crippen LogP contribution in [0.2, 0.25) is 0 Å². The molecule has 4 rings (SSSR count). The van der Waals surface area contributed by atoms with Crippen molar-refractivity contribution in [1.82, 2.24) is 18.0 Å². The molecule has 1 aromatic heterocycles. The first-order valence-electron chi connectivity index (χ1n) is 9.05. The molecule has 0 bridgehead atoms. The molecule has 0 aliphatic carbocycles. The molecule has 8 nitrogen and oxygen atoms in total. The van der Waals surface area contributed by atoms with Crippen molar-refractivity contribution in [3.63, 3.8) is 0 Å². The summed E-state index contributed by atoms with van der Waals surface area (Å²) in [6.07, 6.45) is 1.08. The molecule has 3 heterocycles. The zero-order chi connectivity index (χ0) is 19.2. The zero-order valence-corrected chi connectivity index (χ0v) is 16.9. The molecule has 2 aliphatic rings. The van der Waals surface area contributed by atoms with Crippen molar-refractivity contribution >= 4 is 38.7 Å². The minimum absolute atomic E-state index is 0.0565. The van der Waals surface area contributed by atoms with Crippen LogP contribution in [0.5, 0.6) is 0 Å². The Bertz CT molecular complexity index is 951. The molecule has 0 N–H and O–H groups in total. The summed E-state index contributed by atoms with van der Waals surface area (Å²) in [4.78, 5) is 15.0. The highest BCUT2D eigenvalue weighted by Crippen LogP contribution is 2.31. The largest absolute Gasteiger partial charge is 0.372 e. The van der Waals surface area contributed by atoms with Gasteiger partial charge in [0.25, 0.3) is 0 Å². The number of hydrogen-bond donors (Lipinski definition) is 0. The summed E-state index contributed by atoms with van der Waals surface area (Å²) >= 11 is 0.984. The van der Waals surface area contributed by atoms with Crippen molar-refractivity contribution in [3.05, 3.63) is 18.2 Å². The van der Waals surface area contributed by atoms with E-state index in [1.807, 2.05) is 13.8 Å². The topological polar surface area (TPSA) is 92.7 Å². The Morgan fingerprint density at radius 1 is 1.22 bits per heavy atom. The molecule has 2 aromatic rings. The second kappa shape index (κ2) is 7.08. The van der Waals surface area contributed by atoms with E-state index in [0.717, 1.165) is 11.7 Å². The van der Waals surface area contributed by atoms with Crippen molar-refractivity contribution in [2.75, 3.05) is 19.6 Å². The Morgan fingerprint density at radius 3 is 2.70 bits per heavy atom. The Balaban J connectivity index is 1.64. The molecule has 1 aromatic carbocycles. The fourth-order valence-electron chi connectivity index (χ4n) is 3.96. The van der Waals surface area contributed by atoms with Gasteiger partial charge in [-0.25, -0.2) is 8.42 Å². The van der Waals surface area contributed by atoms with Crippen LogP contribution in [-0.4, -0.2) is 70.2 Å². The van der Waals surface area contributed by atoms with Gasteiger partial charge in [-0.2, -0.15) is 13.1 Å². The molecule has 0 saturated carbocycles. The predicted molar refractivity (Wildman–Crippen MR) is 101 cm³/mol. The molecule has 0 spiro atoms. The standard InChI is InChI=1S/C17H22N4O4S2/c1-11-9-20(10-12(2)25-11)17(22)14-6-4-8-21(14)27(23,24)15-7-3-5-13-16(15)19-26-18-13/h3,5,7,11-12,14H,4,6,8-10H2,1-2H3/t11-,12+,14-/m0/s1. The number of fused-ring (bicyclic) bond motifs is 1. The van der Waals surface area contributed by atoms with Crippen LogP contribution in [0.1, 0.15) is 26.7 Å². The minimum atomic E-state index is -3.84. The van der Waals surface area contributed by atoms with Crippen LogP contribution in [0.15, 0.2) is 23.1 Å². The van der Waals surface area contributed by atoms with Crippen LogP contribution < -0.4 is 0 Å². The van der Waals surface area contributed by atoms with Gasteiger partial charge in [-0.3, -0.25) is 4.79 Å². The molecular weight excluding hydrogens is 388 g/mol. The second-order valence-electron chi connectivity index (χ2n) is 7.16. The maximum Gasteiger partial charge on any atom is 0.246 e. The van der Waals surface area contributed by atoms with Gasteiger partial charge >= 0.3 is 0 Å². The Kier molecular flexibility index (Phi) is 4.91. The molecule has 2 fully saturated rings. The van der Waals surface area contributed by atoms with E-state index < -0.39 is 16.1 Å². The summed E-state index contributed by atoms with van der Waals surface area (Å²) < 4.78 is 42.0. The number of hydrogen-bond acceptors (Lipinski definition) is 7. The zero-order valence-electron chi connectivity index (χ0n) is 15.2. The van der Waals surface area contributed by atoms with E-state index in [1.54, 1.807) is 17.0 Å². The van der Waals surface area contributed by atoms with Crippen molar-refractivity contribution in [3.8, 4) is 0 Å². The van der Waals surface area contributed by atoms with Crippen molar-refractivity contribution < 1.29 is 17.9 Å². The fourth-order valence-corrected chi connectivity index (χ4v) is 6.36. The monoisotopic (exact) mass is 410 g/mol. The van der Waals surface area contributed by atoms with Gasteiger partial charge < -0.3 is 9.64 Å². The molecule has 2 saturated heterocycles. The third-order valence-corrected chi connectivity index (χ3v) is 7.54. The third kappa shape index (κ3) is 3.35. The lowest BCUT2D eigenvalue weighted by Gasteiger charge is -2.37. The highest BCUT2D eigenvalue weighted by Gasteiger charge is 2.43. The quantitative estimate of drug-likeness (QED) is 0.761. The Morgan fingerprint density at radius 2 is 1.96 bits per heavy atom. The Labute approximate surface area is 162 Å². The lowest BCUT2D eigenvalue weighted by Crippen LogP contribution is -2.54. The van der Waals surface area contributed by atoms with Crippen molar-refractivity contribution in [2.45, 2.75) is 49.8 Å². The minimum Gasteiger partial charge on any atom is -0.372 e. The summed E-state index contributed by atoms with van der Waals surface area (Å²) in [5, 5.41) is 0. The van der Waals surface area contributed by atoms with Gasteiger partial charge in [-0.05, 0) is 38.8 Å². The van der Waals surface area contributed by atoms with Crippen LogP contribution in [0.25, 0.3) is 11.0 Å². The van der Waals surface area contributed by atoms with Gasteiger partial charge in [-0.15, -0.1) is 0 Å². The lowest BCUT2D eigenvalue weighted by molar-refractivity contribution is -0.146. The SMILES string of the molecule is C[C@@H]1CN(C(=O)[C@@H]2CCCN2S(=O)(=O)c2cccc3nsnc23)C[C@H](C)O1. The number of carbonyl (C=O) groups is 1. The molecule has 10 heteroatoms. The van der Waals surface area contributed by atoms with Gasteiger partial charge in [0.1, 0.15) is 22.0 Å². The van der Waals surface area contributed by atoms with E-state index in [1.165, 1.54) is 10.4 Å². The molecule has 27 heavy (non-hydrogen) atoms. The molecular formula is C17H22N4O4S2. The fraction of sp³-hybridized carbons (Fsp3) is 0.588. The van der Waals surface area contributed by atoms with E-state index in [2.05, 4.69) is 8.75 Å². The highest BCUT2D eigenvalue weighted by molar-refractivity contribution is 7.89. The number of morpholine rings is 1. The van der Waals surface area contributed by atoms with E-state index in [0.29, 0.717) is 43.5 Å². The van der Waals surface area contributed by atoms with E-state index in [9.17, 15) is 13.2 Å². The maximum absolute atomic E-state index is 13.3. The number of amides is 1. The average molecular weight is 411 g/mol. The van der Waals surface area contributed by atoms with E-state index in [-0.39, 0.29) is 23.0 Å². The summed E-state index contributed by atoms with van der Waals surface area (Å²) in [5.41, 5.74) is 0.924. The molecule has 0 radical (unpaired) electrons. The molecule has 0 unspecified atom stereocenters. The van der Waals surface area contributed by atoms with Crippen LogP contribution in [0, 0.1) is 0 Å². The number of nitrogens with zero attached hydrogens (tertiary/aromatic N) is 4. The van der Waals surface area contributed by atoms with Crippen molar-refractivity contribution in [2.24, 2.45) is 0 Å². The van der Waals surface area contributed by atoms with Gasteiger partial charge in [0.05, 0.1) is 23.9 Å². The van der Waals surface area contributed by atoms with E-state index >= 15 is 0 Å². The van der Waals surface area contributed by atoms with Gasteiger partial charge in [0, 0.05) is 19.6 Å². The average Bonchev–Trinajstić information content (AvgIpc) is 3.29. The normalized spacial score (nSPS) is 27.3. The maximum atomic E-state index is 13.3. The van der Waals surface area contributed by atoms with Crippen LogP contribution >= 0.6 is 11.7 Å². The number of aromatic nitrogens is 2. The van der Waals surface area contributed by atoms with Gasteiger partial charge in [0.2, 0.25) is 15.9 Å². The van der Waals surface area contributed by atoms with Crippen LogP contribution in [0.4, 0.5) is 0 Å². The summed E-state index contributed by atoms with van der Waals surface area (Å²) in [7, 11) is -3.84. The molecule has 146 valence electrons. The molecule has 3 atom stereocenters. The molecule has 1 amide bonds. The second-order valence-corrected chi connectivity index (χ2v) is 9.55. The van der Waals surface area contributed by atoms with E-state index in [4.69, 9.17) is 4.74 Å². The van der Waals surface area contributed by atoms with Crippen LogP contribution in [0.3, 0.4) is 0 Å². The Hall–Kier alpha value is -1.62. The molecule has 2 aliphatic heterocycles. The third-order valence-electron chi connectivity index (χ3n) is 5.06. The number of ether oxygens (including phenoxy) is 1. The number of rotatable bonds is 3. The number of benzene rings is 1. The van der Waals surface area contributed by atoms with Crippen molar-refractivity contribution in [1.29, 1.82) is 0 Å². The summed E-state index contributed by atoms with van der Waals surface area (Å²) in [6.45, 7) is 5.16.